The molecular formula is C11H18BrNOS. The summed E-state index contributed by atoms with van der Waals surface area (Å²) >= 11 is 5.37. The van der Waals surface area contributed by atoms with Crippen LogP contribution in [0.3, 0.4) is 0 Å². The highest BCUT2D eigenvalue weighted by atomic mass is 79.9. The summed E-state index contributed by atoms with van der Waals surface area (Å²) in [7, 11) is 2.01. The molecule has 1 aromatic heterocycles. The molecule has 1 rings (SSSR count). The zero-order valence-electron chi connectivity index (χ0n) is 9.25. The van der Waals surface area contributed by atoms with Crippen molar-refractivity contribution in [1.82, 2.24) is 5.32 Å². The molecule has 2 nitrogen and oxygen atoms in total. The quantitative estimate of drug-likeness (QED) is 0.775. The summed E-state index contributed by atoms with van der Waals surface area (Å²) in [6.45, 7) is 3.70. The number of rotatable bonds is 7. The van der Waals surface area contributed by atoms with Gasteiger partial charge < -0.3 is 10.1 Å². The summed E-state index contributed by atoms with van der Waals surface area (Å²) in [6, 6.07) is 2.55. The lowest BCUT2D eigenvalue weighted by molar-refractivity contribution is 0.141. The maximum absolute atomic E-state index is 5.34. The molecule has 0 aliphatic carbocycles. The van der Waals surface area contributed by atoms with E-state index in [0.717, 1.165) is 26.1 Å². The molecule has 1 heterocycles. The minimum atomic E-state index is 0.444. The normalized spacial score (nSPS) is 13.0. The molecule has 0 amide bonds. The Bertz CT molecular complexity index is 277. The van der Waals surface area contributed by atoms with Gasteiger partial charge in [-0.25, -0.2) is 0 Å². The Morgan fingerprint density at radius 2 is 2.40 bits per heavy atom. The van der Waals surface area contributed by atoms with Crippen LogP contribution in [0.25, 0.3) is 0 Å². The van der Waals surface area contributed by atoms with Crippen molar-refractivity contribution in [2.24, 2.45) is 0 Å². The number of hydrogen-bond acceptors (Lipinski definition) is 3. The molecule has 0 radical (unpaired) electrons. The van der Waals surface area contributed by atoms with Crippen molar-refractivity contribution >= 4 is 27.3 Å². The van der Waals surface area contributed by atoms with Crippen molar-refractivity contribution in [2.45, 2.75) is 25.8 Å². The van der Waals surface area contributed by atoms with Crippen molar-refractivity contribution < 1.29 is 4.74 Å². The molecule has 0 aliphatic rings. The average Bonchev–Trinajstić information content (AvgIpc) is 2.65. The number of halogens is 1. The van der Waals surface area contributed by atoms with Gasteiger partial charge in [0.1, 0.15) is 0 Å². The van der Waals surface area contributed by atoms with Crippen LogP contribution in [0.1, 0.15) is 30.7 Å². The zero-order valence-corrected chi connectivity index (χ0v) is 11.7. The van der Waals surface area contributed by atoms with Gasteiger partial charge in [-0.3, -0.25) is 0 Å². The first-order valence-electron chi connectivity index (χ1n) is 5.27. The fraction of sp³-hybridized carbons (Fsp3) is 0.636. The molecule has 0 bridgehead atoms. The second kappa shape index (κ2) is 7.39. The van der Waals surface area contributed by atoms with Crippen molar-refractivity contribution in [1.29, 1.82) is 0 Å². The lowest BCUT2D eigenvalue weighted by Crippen LogP contribution is -2.16. The van der Waals surface area contributed by atoms with Gasteiger partial charge >= 0.3 is 0 Å². The first-order chi connectivity index (χ1) is 7.29. The molecular weight excluding hydrogens is 274 g/mol. The molecule has 1 atom stereocenters. The summed E-state index contributed by atoms with van der Waals surface area (Å²) < 4.78 is 6.55. The van der Waals surface area contributed by atoms with Crippen LogP contribution < -0.4 is 5.32 Å². The number of thiophene rings is 1. The van der Waals surface area contributed by atoms with Gasteiger partial charge in [-0.1, -0.05) is 0 Å². The smallest absolute Gasteiger partial charge is 0.0466 e. The van der Waals surface area contributed by atoms with E-state index in [0.29, 0.717) is 6.04 Å². The highest BCUT2D eigenvalue weighted by Gasteiger charge is 2.13. The van der Waals surface area contributed by atoms with E-state index in [1.807, 2.05) is 14.0 Å². The summed E-state index contributed by atoms with van der Waals surface area (Å²) in [5, 5.41) is 5.46. The van der Waals surface area contributed by atoms with Crippen LogP contribution in [0, 0.1) is 0 Å². The lowest BCUT2D eigenvalue weighted by Gasteiger charge is -2.15. The van der Waals surface area contributed by atoms with Crippen LogP contribution in [0.2, 0.25) is 0 Å². The second-order valence-electron chi connectivity index (χ2n) is 3.31. The fourth-order valence-corrected chi connectivity index (χ4v) is 3.29. The monoisotopic (exact) mass is 291 g/mol. The molecule has 0 fully saturated rings. The maximum Gasteiger partial charge on any atom is 0.0466 e. The maximum atomic E-state index is 5.34. The third kappa shape index (κ3) is 4.23. The van der Waals surface area contributed by atoms with E-state index in [4.69, 9.17) is 4.74 Å². The highest BCUT2D eigenvalue weighted by Crippen LogP contribution is 2.31. The van der Waals surface area contributed by atoms with E-state index in [9.17, 15) is 0 Å². The van der Waals surface area contributed by atoms with E-state index in [-0.39, 0.29) is 0 Å². The third-order valence-corrected chi connectivity index (χ3v) is 4.28. The van der Waals surface area contributed by atoms with E-state index in [2.05, 4.69) is 32.7 Å². The largest absolute Gasteiger partial charge is 0.382 e. The van der Waals surface area contributed by atoms with Gasteiger partial charge in [0.2, 0.25) is 0 Å². The summed E-state index contributed by atoms with van der Waals surface area (Å²) in [5.74, 6) is 0. The van der Waals surface area contributed by atoms with Crippen LogP contribution in [-0.2, 0) is 4.74 Å². The molecule has 0 saturated heterocycles. The molecule has 1 unspecified atom stereocenters. The van der Waals surface area contributed by atoms with Gasteiger partial charge in [-0.05, 0) is 54.2 Å². The molecule has 1 aromatic rings. The molecule has 0 saturated carbocycles. The molecule has 0 spiro atoms. The minimum absolute atomic E-state index is 0.444. The van der Waals surface area contributed by atoms with Crippen LogP contribution in [0.4, 0.5) is 0 Å². The number of nitrogens with one attached hydrogen (secondary N) is 1. The van der Waals surface area contributed by atoms with Gasteiger partial charge in [0.05, 0.1) is 0 Å². The number of ether oxygens (including phenoxy) is 1. The summed E-state index contributed by atoms with van der Waals surface area (Å²) in [5.41, 5.74) is 0. The summed E-state index contributed by atoms with van der Waals surface area (Å²) in [6.07, 6.45) is 2.22. The Kier molecular flexibility index (Phi) is 6.48. The molecule has 0 aliphatic heterocycles. The second-order valence-corrected chi connectivity index (χ2v) is 5.12. The summed E-state index contributed by atoms with van der Waals surface area (Å²) in [4.78, 5) is 1.38. The van der Waals surface area contributed by atoms with Crippen molar-refractivity contribution in [2.75, 3.05) is 20.3 Å². The van der Waals surface area contributed by atoms with Gasteiger partial charge in [-0.15, -0.1) is 11.3 Å². The SMILES string of the molecule is CCOCCCC(NC)c1sccc1Br. The van der Waals surface area contributed by atoms with Crippen LogP contribution >= 0.6 is 27.3 Å². The minimum Gasteiger partial charge on any atom is -0.382 e. The Morgan fingerprint density at radius 1 is 1.60 bits per heavy atom. The highest BCUT2D eigenvalue weighted by molar-refractivity contribution is 9.10. The lowest BCUT2D eigenvalue weighted by atomic mass is 10.1. The number of hydrogen-bond donors (Lipinski definition) is 1. The first kappa shape index (κ1) is 13.2. The molecule has 4 heteroatoms. The van der Waals surface area contributed by atoms with Crippen LogP contribution in [0.5, 0.6) is 0 Å². The molecule has 86 valence electrons. The van der Waals surface area contributed by atoms with E-state index in [1.54, 1.807) is 11.3 Å². The Balaban J connectivity index is 2.39. The van der Waals surface area contributed by atoms with Crippen LogP contribution in [-0.4, -0.2) is 20.3 Å². The van der Waals surface area contributed by atoms with Crippen LogP contribution in [0.15, 0.2) is 15.9 Å². The van der Waals surface area contributed by atoms with Crippen molar-refractivity contribution in [3.05, 3.63) is 20.8 Å². The Hall–Kier alpha value is 0.100. The van der Waals surface area contributed by atoms with Gasteiger partial charge in [0.15, 0.2) is 0 Å². The topological polar surface area (TPSA) is 21.3 Å². The predicted molar refractivity (Wildman–Crippen MR) is 69.5 cm³/mol. The third-order valence-electron chi connectivity index (χ3n) is 2.30. The fourth-order valence-electron chi connectivity index (χ4n) is 1.49. The molecule has 15 heavy (non-hydrogen) atoms. The average molecular weight is 292 g/mol. The van der Waals surface area contributed by atoms with Crippen molar-refractivity contribution in [3.8, 4) is 0 Å². The molecule has 0 aromatic carbocycles. The molecule has 1 N–H and O–H groups in total. The van der Waals surface area contributed by atoms with E-state index < -0.39 is 0 Å². The Labute approximate surface area is 104 Å². The van der Waals surface area contributed by atoms with E-state index in [1.165, 1.54) is 9.35 Å². The predicted octanol–water partition coefficient (Wildman–Crippen LogP) is 3.59. The van der Waals surface area contributed by atoms with Gasteiger partial charge in [0, 0.05) is 28.6 Å². The first-order valence-corrected chi connectivity index (χ1v) is 6.94. The zero-order chi connectivity index (χ0) is 11.1. The van der Waals surface area contributed by atoms with Gasteiger partial charge in [0.25, 0.3) is 0 Å². The van der Waals surface area contributed by atoms with E-state index >= 15 is 0 Å². The Morgan fingerprint density at radius 3 is 2.93 bits per heavy atom. The van der Waals surface area contributed by atoms with Crippen molar-refractivity contribution in [3.63, 3.8) is 0 Å². The van der Waals surface area contributed by atoms with Gasteiger partial charge in [-0.2, -0.15) is 0 Å². The standard InChI is InChI=1S/C11H18BrNOS/c1-3-14-7-4-5-10(13-2)11-9(12)6-8-15-11/h6,8,10,13H,3-5,7H2,1-2H3.